The number of nitrogens with zero attached hydrogens (tertiary/aromatic N) is 3. The van der Waals surface area contributed by atoms with Crippen molar-refractivity contribution < 1.29 is 14.5 Å². The van der Waals surface area contributed by atoms with Gasteiger partial charge in [-0.05, 0) is 18.2 Å². The average molecular weight is 298 g/mol. The molecule has 22 heavy (non-hydrogen) atoms. The molecule has 0 bridgehead atoms. The summed E-state index contributed by atoms with van der Waals surface area (Å²) in [4.78, 5) is 35.9. The van der Waals surface area contributed by atoms with Crippen LogP contribution in [0, 0.1) is 15.5 Å². The molecular weight excluding hydrogens is 288 g/mol. The Kier molecular flexibility index (Phi) is 3.06. The standard InChI is InChI=1S/C14H10N4O4/c15-9-4-6-16(7-5-9)8-17-13(19)10-2-1-3-11(18(21)22)12(10)14(17)20/h1-7,15H,8H2. The van der Waals surface area contributed by atoms with Crippen LogP contribution in [0.25, 0.3) is 0 Å². The lowest BCUT2D eigenvalue weighted by Crippen LogP contribution is -2.32. The zero-order valence-corrected chi connectivity index (χ0v) is 11.2. The van der Waals surface area contributed by atoms with E-state index in [0.717, 1.165) is 4.90 Å². The van der Waals surface area contributed by atoms with Crippen LogP contribution in [0.4, 0.5) is 5.69 Å². The highest BCUT2D eigenvalue weighted by Gasteiger charge is 2.40. The molecule has 2 aromatic rings. The van der Waals surface area contributed by atoms with Crippen molar-refractivity contribution in [3.63, 3.8) is 0 Å². The molecule has 1 aliphatic heterocycles. The minimum atomic E-state index is -0.685. The molecule has 0 aliphatic carbocycles. The Bertz CT molecular complexity index is 851. The van der Waals surface area contributed by atoms with Crippen molar-refractivity contribution >= 4 is 17.5 Å². The van der Waals surface area contributed by atoms with Gasteiger partial charge in [-0.15, -0.1) is 0 Å². The van der Waals surface area contributed by atoms with Crippen molar-refractivity contribution in [2.75, 3.05) is 0 Å². The van der Waals surface area contributed by atoms with Crippen LogP contribution >= 0.6 is 0 Å². The van der Waals surface area contributed by atoms with Gasteiger partial charge in [-0.1, -0.05) is 6.07 Å². The highest BCUT2D eigenvalue weighted by molar-refractivity contribution is 6.22. The molecule has 2 heterocycles. The van der Waals surface area contributed by atoms with Crippen LogP contribution in [0.3, 0.4) is 0 Å². The monoisotopic (exact) mass is 298 g/mol. The fourth-order valence-corrected chi connectivity index (χ4v) is 2.31. The summed E-state index contributed by atoms with van der Waals surface area (Å²) in [6.07, 6.45) is 3.11. The minimum Gasteiger partial charge on any atom is -0.336 e. The molecule has 0 radical (unpaired) electrons. The minimum absolute atomic E-state index is 0.0388. The Labute approximate surface area is 123 Å². The summed E-state index contributed by atoms with van der Waals surface area (Å²) >= 11 is 0. The number of fused-ring (bicyclic) bond motifs is 1. The van der Waals surface area contributed by atoms with Crippen molar-refractivity contribution in [2.24, 2.45) is 0 Å². The second-order valence-electron chi connectivity index (χ2n) is 4.74. The molecule has 0 unspecified atom stereocenters. The number of rotatable bonds is 3. The van der Waals surface area contributed by atoms with Crippen LogP contribution in [0.5, 0.6) is 0 Å². The van der Waals surface area contributed by atoms with Crippen LogP contribution in [0.2, 0.25) is 0 Å². The summed E-state index contributed by atoms with van der Waals surface area (Å²) in [6, 6.07) is 7.02. The molecule has 0 spiro atoms. The maximum absolute atomic E-state index is 12.4. The van der Waals surface area contributed by atoms with E-state index in [-0.39, 0.29) is 23.5 Å². The van der Waals surface area contributed by atoms with Crippen LogP contribution in [0.15, 0.2) is 42.7 Å². The maximum Gasteiger partial charge on any atom is 0.282 e. The third kappa shape index (κ3) is 2.06. The van der Waals surface area contributed by atoms with Crippen LogP contribution in [-0.2, 0) is 6.67 Å². The van der Waals surface area contributed by atoms with Crippen molar-refractivity contribution in [3.8, 4) is 0 Å². The zero-order valence-electron chi connectivity index (χ0n) is 11.2. The first-order valence-electron chi connectivity index (χ1n) is 6.33. The SMILES string of the molecule is N=c1ccn(CN2C(=O)c3cccc([N+](=O)[O-])c3C2=O)cc1. The largest absolute Gasteiger partial charge is 0.336 e. The van der Waals surface area contributed by atoms with Gasteiger partial charge >= 0.3 is 0 Å². The highest BCUT2D eigenvalue weighted by Crippen LogP contribution is 2.30. The topological polar surface area (TPSA) is 109 Å². The molecule has 0 saturated carbocycles. The van der Waals surface area contributed by atoms with Gasteiger partial charge in [0, 0.05) is 18.5 Å². The third-order valence-corrected chi connectivity index (χ3v) is 3.37. The number of aromatic nitrogens is 1. The smallest absolute Gasteiger partial charge is 0.282 e. The summed E-state index contributed by atoms with van der Waals surface area (Å²) in [7, 11) is 0. The van der Waals surface area contributed by atoms with Crippen molar-refractivity contribution in [3.05, 3.63) is 69.3 Å². The molecule has 110 valence electrons. The van der Waals surface area contributed by atoms with Crippen molar-refractivity contribution in [1.82, 2.24) is 9.47 Å². The lowest BCUT2D eigenvalue weighted by molar-refractivity contribution is -0.385. The van der Waals surface area contributed by atoms with E-state index in [0.29, 0.717) is 5.36 Å². The van der Waals surface area contributed by atoms with Gasteiger partial charge in [0.25, 0.3) is 17.5 Å². The van der Waals surface area contributed by atoms with E-state index in [1.54, 1.807) is 17.0 Å². The quantitative estimate of drug-likeness (QED) is 0.520. The summed E-state index contributed by atoms with van der Waals surface area (Å²) in [5, 5.41) is 18.7. The summed E-state index contributed by atoms with van der Waals surface area (Å²) in [6.45, 7) is -0.0657. The Morgan fingerprint density at radius 1 is 1.09 bits per heavy atom. The molecule has 2 amide bonds. The Hall–Kier alpha value is -3.29. The molecule has 0 saturated heterocycles. The van der Waals surface area contributed by atoms with Crippen molar-refractivity contribution in [1.29, 1.82) is 5.41 Å². The summed E-state index contributed by atoms with van der Waals surface area (Å²) in [5.74, 6) is -1.25. The Balaban J connectivity index is 2.00. The number of nitro groups is 1. The van der Waals surface area contributed by atoms with E-state index < -0.39 is 16.7 Å². The normalized spacial score (nSPS) is 13.4. The molecule has 8 heteroatoms. The fourth-order valence-electron chi connectivity index (χ4n) is 2.31. The average Bonchev–Trinajstić information content (AvgIpc) is 2.74. The predicted octanol–water partition coefficient (Wildman–Crippen LogP) is 1.13. The van der Waals surface area contributed by atoms with E-state index >= 15 is 0 Å². The Morgan fingerprint density at radius 2 is 1.77 bits per heavy atom. The van der Waals surface area contributed by atoms with Gasteiger partial charge in [-0.3, -0.25) is 24.6 Å². The van der Waals surface area contributed by atoms with E-state index in [1.165, 1.54) is 30.3 Å². The van der Waals surface area contributed by atoms with Crippen LogP contribution in [-0.4, -0.2) is 26.2 Å². The number of nitro benzene ring substituents is 1. The number of carbonyl (C=O) groups is 2. The fraction of sp³-hybridized carbons (Fsp3) is 0.0714. The second-order valence-corrected chi connectivity index (χ2v) is 4.74. The highest BCUT2D eigenvalue weighted by atomic mass is 16.6. The number of nitrogens with one attached hydrogen (secondary N) is 1. The molecule has 1 aromatic carbocycles. The van der Waals surface area contributed by atoms with Gasteiger partial charge in [-0.2, -0.15) is 0 Å². The van der Waals surface area contributed by atoms with Crippen LogP contribution < -0.4 is 5.36 Å². The lowest BCUT2D eigenvalue weighted by atomic mass is 10.1. The Morgan fingerprint density at radius 3 is 2.41 bits per heavy atom. The first-order chi connectivity index (χ1) is 10.5. The molecule has 1 N–H and O–H groups in total. The zero-order chi connectivity index (χ0) is 15.9. The van der Waals surface area contributed by atoms with Gasteiger partial charge in [-0.25, -0.2) is 0 Å². The predicted molar refractivity (Wildman–Crippen MR) is 73.9 cm³/mol. The van der Waals surface area contributed by atoms with E-state index in [4.69, 9.17) is 5.41 Å². The first-order valence-corrected chi connectivity index (χ1v) is 6.33. The first kappa shape index (κ1) is 13.7. The number of carbonyl (C=O) groups excluding carboxylic acids is 2. The number of benzene rings is 1. The molecule has 1 aromatic heterocycles. The maximum atomic E-state index is 12.4. The summed E-state index contributed by atoms with van der Waals surface area (Å²) < 4.78 is 1.55. The molecule has 8 nitrogen and oxygen atoms in total. The van der Waals surface area contributed by atoms with Gasteiger partial charge in [0.05, 0.1) is 15.8 Å². The van der Waals surface area contributed by atoms with Gasteiger partial charge < -0.3 is 9.98 Å². The number of amides is 2. The molecular formula is C14H10N4O4. The van der Waals surface area contributed by atoms with E-state index in [1.807, 2.05) is 0 Å². The number of hydrogen-bond acceptors (Lipinski definition) is 5. The second kappa shape index (κ2) is 4.92. The summed E-state index contributed by atoms with van der Waals surface area (Å²) in [5.41, 5.74) is -0.503. The van der Waals surface area contributed by atoms with Crippen LogP contribution in [0.1, 0.15) is 20.7 Å². The van der Waals surface area contributed by atoms with Gasteiger partial charge in [0.15, 0.2) is 0 Å². The number of pyridine rings is 1. The van der Waals surface area contributed by atoms with Gasteiger partial charge in [0.2, 0.25) is 0 Å². The van der Waals surface area contributed by atoms with Crippen molar-refractivity contribution in [2.45, 2.75) is 6.67 Å². The third-order valence-electron chi connectivity index (χ3n) is 3.37. The number of imide groups is 1. The lowest BCUT2D eigenvalue weighted by Gasteiger charge is -2.15. The van der Waals surface area contributed by atoms with E-state index in [9.17, 15) is 19.7 Å². The number of hydrogen-bond donors (Lipinski definition) is 1. The molecule has 0 fully saturated rings. The van der Waals surface area contributed by atoms with E-state index in [2.05, 4.69) is 0 Å². The molecule has 3 rings (SSSR count). The molecule has 1 aliphatic rings. The van der Waals surface area contributed by atoms with Gasteiger partial charge in [0.1, 0.15) is 12.2 Å². The molecule has 0 atom stereocenters.